The fraction of sp³-hybridized carbons (Fsp3) is 0.462. The van der Waals surface area contributed by atoms with Gasteiger partial charge in [0.1, 0.15) is 5.82 Å². The van der Waals surface area contributed by atoms with Crippen molar-refractivity contribution in [3.8, 4) is 0 Å². The second kappa shape index (κ2) is 9.91. The van der Waals surface area contributed by atoms with Gasteiger partial charge in [0.05, 0.1) is 39.8 Å². The maximum absolute atomic E-state index is 13.4. The number of pyridine rings is 1. The van der Waals surface area contributed by atoms with E-state index in [1.807, 2.05) is 6.07 Å². The van der Waals surface area contributed by atoms with Gasteiger partial charge in [-0.25, -0.2) is 9.97 Å². The largest absolute Gasteiger partial charge is 0.384 e. The Kier molecular flexibility index (Phi) is 6.71. The number of methoxy groups -OCH3 is 1. The van der Waals surface area contributed by atoms with Gasteiger partial charge in [-0.1, -0.05) is 13.0 Å². The average molecular weight is 494 g/mol. The maximum Gasteiger partial charge on any atom is 0.313 e. The second-order valence-corrected chi connectivity index (χ2v) is 10.8. The number of likely N-dealkylation sites (tertiary alicyclic amines) is 1. The van der Waals surface area contributed by atoms with E-state index in [4.69, 9.17) is 15.5 Å². The number of amides is 2. The third-order valence-electron chi connectivity index (χ3n) is 6.86. The van der Waals surface area contributed by atoms with Crippen LogP contribution in [0.5, 0.6) is 0 Å². The number of piperidine rings is 1. The summed E-state index contributed by atoms with van der Waals surface area (Å²) >= 11 is 1.66. The Bertz CT molecular complexity index is 1260. The number of nitrogens with one attached hydrogen (secondary N) is 1. The minimum Gasteiger partial charge on any atom is -0.384 e. The molecule has 1 aliphatic heterocycles. The number of fused-ring (bicyclic) bond motifs is 1. The zero-order valence-corrected chi connectivity index (χ0v) is 20.9. The number of hydrogen-bond acceptors (Lipinski definition) is 7. The summed E-state index contributed by atoms with van der Waals surface area (Å²) in [6.07, 6.45) is 6.25. The number of ether oxygens (including phenoxy) is 1. The van der Waals surface area contributed by atoms with Crippen molar-refractivity contribution in [1.82, 2.24) is 14.9 Å². The highest BCUT2D eigenvalue weighted by molar-refractivity contribution is 7.18. The minimum atomic E-state index is -0.644. The van der Waals surface area contributed by atoms with Crippen molar-refractivity contribution in [3.05, 3.63) is 46.6 Å². The van der Waals surface area contributed by atoms with Crippen LogP contribution in [0.1, 0.15) is 60.7 Å². The molecule has 184 valence electrons. The third-order valence-corrected chi connectivity index (χ3v) is 7.95. The molecular weight excluding hydrogens is 462 g/mol. The van der Waals surface area contributed by atoms with E-state index in [2.05, 4.69) is 35.4 Å². The van der Waals surface area contributed by atoms with E-state index in [0.717, 1.165) is 58.5 Å². The molecule has 1 saturated carbocycles. The number of nitrogen functional groups attached to an aromatic ring is 1. The van der Waals surface area contributed by atoms with Crippen LogP contribution in [0.15, 0.2) is 30.5 Å². The number of thiazole rings is 1. The van der Waals surface area contributed by atoms with Gasteiger partial charge in [-0.05, 0) is 66.8 Å². The van der Waals surface area contributed by atoms with Gasteiger partial charge in [-0.2, -0.15) is 0 Å². The number of aromatic nitrogens is 2. The highest BCUT2D eigenvalue weighted by Gasteiger charge is 2.35. The Labute approximate surface area is 208 Å². The van der Waals surface area contributed by atoms with E-state index < -0.39 is 11.8 Å². The molecule has 1 aliphatic carbocycles. The summed E-state index contributed by atoms with van der Waals surface area (Å²) in [7, 11) is 1.69. The fourth-order valence-corrected chi connectivity index (χ4v) is 5.74. The molecular formula is C26H31N5O3S. The van der Waals surface area contributed by atoms with Crippen LogP contribution in [0.25, 0.3) is 10.2 Å². The Morgan fingerprint density at radius 2 is 2.06 bits per heavy atom. The van der Waals surface area contributed by atoms with Crippen molar-refractivity contribution in [2.24, 2.45) is 5.92 Å². The summed E-state index contributed by atoms with van der Waals surface area (Å²) in [4.78, 5) is 37.1. The van der Waals surface area contributed by atoms with Crippen LogP contribution in [0.4, 0.5) is 11.5 Å². The number of nitrogens with zero attached hydrogens (tertiary/aromatic N) is 3. The van der Waals surface area contributed by atoms with Crippen molar-refractivity contribution in [2.45, 2.75) is 51.0 Å². The molecule has 0 bridgehead atoms. The number of anilines is 2. The smallest absolute Gasteiger partial charge is 0.313 e. The number of carbonyl (C=O) groups excluding carboxylic acids is 2. The first-order valence-electron chi connectivity index (χ1n) is 12.2. The molecule has 0 unspecified atom stereocenters. The Balaban J connectivity index is 1.35. The van der Waals surface area contributed by atoms with E-state index in [1.165, 1.54) is 6.20 Å². The molecule has 35 heavy (non-hydrogen) atoms. The van der Waals surface area contributed by atoms with E-state index in [9.17, 15) is 9.59 Å². The summed E-state index contributed by atoms with van der Waals surface area (Å²) in [6, 6.07) is 7.87. The standard InChI is InChI=1S/C26H31N5O3S/c1-15-3-7-21(17-6-8-22-20(11-17)30-23(35-22)9-10-34-2)31(14-15)26(33)25(32)29-18-12-19(16-4-5-16)24(27)28-13-18/h6,8,11-13,15-16,21H,3-5,7,9-10,14H2,1-2H3,(H2,27,28)(H,29,32)/t15-,21+/m1/s1. The summed E-state index contributed by atoms with van der Waals surface area (Å²) in [5, 5.41) is 3.79. The van der Waals surface area contributed by atoms with E-state index in [0.29, 0.717) is 36.5 Å². The molecule has 2 aromatic heterocycles. The number of benzene rings is 1. The van der Waals surface area contributed by atoms with Crippen molar-refractivity contribution >= 4 is 44.9 Å². The number of carbonyl (C=O) groups is 2. The molecule has 2 aliphatic rings. The van der Waals surface area contributed by atoms with Crippen LogP contribution < -0.4 is 11.1 Å². The third kappa shape index (κ3) is 5.16. The minimum absolute atomic E-state index is 0.162. The fourth-order valence-electron chi connectivity index (χ4n) is 4.82. The molecule has 0 radical (unpaired) electrons. The van der Waals surface area contributed by atoms with Crippen LogP contribution in [0, 0.1) is 5.92 Å². The van der Waals surface area contributed by atoms with Gasteiger partial charge < -0.3 is 20.7 Å². The molecule has 5 rings (SSSR count). The van der Waals surface area contributed by atoms with Gasteiger partial charge >= 0.3 is 11.8 Å². The first kappa shape index (κ1) is 23.7. The Morgan fingerprint density at radius 3 is 2.83 bits per heavy atom. The van der Waals surface area contributed by atoms with Crippen molar-refractivity contribution < 1.29 is 14.3 Å². The topological polar surface area (TPSA) is 110 Å². The molecule has 0 spiro atoms. The molecule has 9 heteroatoms. The quantitative estimate of drug-likeness (QED) is 0.496. The van der Waals surface area contributed by atoms with Crippen LogP contribution in [0.3, 0.4) is 0 Å². The van der Waals surface area contributed by atoms with Gasteiger partial charge in [-0.3, -0.25) is 9.59 Å². The lowest BCUT2D eigenvalue weighted by Crippen LogP contribution is -2.46. The van der Waals surface area contributed by atoms with Gasteiger partial charge in [0.15, 0.2) is 0 Å². The van der Waals surface area contributed by atoms with E-state index in [1.54, 1.807) is 23.3 Å². The van der Waals surface area contributed by atoms with Gasteiger partial charge in [0.25, 0.3) is 0 Å². The average Bonchev–Trinajstić information content (AvgIpc) is 3.62. The van der Waals surface area contributed by atoms with E-state index in [-0.39, 0.29) is 6.04 Å². The number of rotatable bonds is 6. The molecule has 3 N–H and O–H groups in total. The lowest BCUT2D eigenvalue weighted by molar-refractivity contribution is -0.146. The zero-order chi connectivity index (χ0) is 24.5. The molecule has 2 amide bonds. The van der Waals surface area contributed by atoms with Gasteiger partial charge in [0.2, 0.25) is 0 Å². The first-order chi connectivity index (χ1) is 16.9. The van der Waals surface area contributed by atoms with Crippen LogP contribution >= 0.6 is 11.3 Å². The molecule has 8 nitrogen and oxygen atoms in total. The predicted molar refractivity (Wildman–Crippen MR) is 137 cm³/mol. The summed E-state index contributed by atoms with van der Waals surface area (Å²) in [5.74, 6) is 0.0494. The van der Waals surface area contributed by atoms with Gasteiger partial charge in [0, 0.05) is 20.1 Å². The van der Waals surface area contributed by atoms with Crippen molar-refractivity contribution in [3.63, 3.8) is 0 Å². The molecule has 2 fully saturated rings. The first-order valence-corrected chi connectivity index (χ1v) is 13.0. The Hall–Kier alpha value is -3.04. The SMILES string of the molecule is COCCc1nc2cc([C@@H]3CC[C@@H](C)CN3C(=O)C(=O)Nc3cnc(N)c(C4CC4)c3)ccc2s1. The van der Waals surface area contributed by atoms with Crippen molar-refractivity contribution in [2.75, 3.05) is 31.3 Å². The molecule has 3 heterocycles. The second-order valence-electron chi connectivity index (χ2n) is 9.66. The summed E-state index contributed by atoms with van der Waals surface area (Å²) in [5.41, 5.74) is 9.38. The van der Waals surface area contributed by atoms with Gasteiger partial charge in [-0.15, -0.1) is 11.3 Å². The monoisotopic (exact) mass is 493 g/mol. The summed E-state index contributed by atoms with van der Waals surface area (Å²) in [6.45, 7) is 3.29. The van der Waals surface area contributed by atoms with Crippen LogP contribution in [-0.4, -0.2) is 46.9 Å². The van der Waals surface area contributed by atoms with Crippen molar-refractivity contribution in [1.29, 1.82) is 0 Å². The highest BCUT2D eigenvalue weighted by Crippen LogP contribution is 2.43. The molecule has 3 aromatic rings. The molecule has 1 aromatic carbocycles. The van der Waals surface area contributed by atoms with Crippen LogP contribution in [0.2, 0.25) is 0 Å². The number of hydrogen-bond donors (Lipinski definition) is 2. The number of nitrogens with two attached hydrogens (primary N) is 1. The Morgan fingerprint density at radius 1 is 1.23 bits per heavy atom. The molecule has 1 saturated heterocycles. The predicted octanol–water partition coefficient (Wildman–Crippen LogP) is 4.28. The van der Waals surface area contributed by atoms with Crippen LogP contribution in [-0.2, 0) is 20.7 Å². The zero-order valence-electron chi connectivity index (χ0n) is 20.1. The highest BCUT2D eigenvalue weighted by atomic mass is 32.1. The van der Waals surface area contributed by atoms with E-state index >= 15 is 0 Å². The molecule has 2 atom stereocenters. The summed E-state index contributed by atoms with van der Waals surface area (Å²) < 4.78 is 6.29. The normalized spacial score (nSPS) is 20.2. The maximum atomic E-state index is 13.4. The lowest BCUT2D eigenvalue weighted by atomic mass is 9.89. The lowest BCUT2D eigenvalue weighted by Gasteiger charge is -2.38.